The fourth-order valence-corrected chi connectivity index (χ4v) is 1.75. The third kappa shape index (κ3) is 1.83. The van der Waals surface area contributed by atoms with E-state index in [0.717, 1.165) is 22.2 Å². The summed E-state index contributed by atoms with van der Waals surface area (Å²) in [6, 6.07) is 6.06. The summed E-state index contributed by atoms with van der Waals surface area (Å²) in [6.07, 6.45) is 1.96. The zero-order valence-electron chi connectivity index (χ0n) is 9.08. The standard InChI is InChI=1S/C12H16N2O/c1-3-15-9-4-5-12-10(6-9)11(7-14-12)8(2)13/h4-8,14H,3,13H2,1-2H3/t8-/m1/s1. The largest absolute Gasteiger partial charge is 0.494 e. The maximum Gasteiger partial charge on any atom is 0.120 e. The molecule has 0 bridgehead atoms. The van der Waals surface area contributed by atoms with Crippen molar-refractivity contribution in [2.45, 2.75) is 19.9 Å². The van der Waals surface area contributed by atoms with Crippen molar-refractivity contribution in [2.75, 3.05) is 6.61 Å². The van der Waals surface area contributed by atoms with E-state index in [-0.39, 0.29) is 6.04 Å². The molecule has 15 heavy (non-hydrogen) atoms. The topological polar surface area (TPSA) is 51.0 Å². The smallest absolute Gasteiger partial charge is 0.120 e. The van der Waals surface area contributed by atoms with Crippen molar-refractivity contribution < 1.29 is 4.74 Å². The zero-order valence-corrected chi connectivity index (χ0v) is 9.08. The number of rotatable bonds is 3. The maximum atomic E-state index is 5.89. The van der Waals surface area contributed by atoms with Gasteiger partial charge in [-0.15, -0.1) is 0 Å². The third-order valence-corrected chi connectivity index (χ3v) is 2.49. The molecule has 0 aliphatic rings. The van der Waals surface area contributed by atoms with Crippen LogP contribution < -0.4 is 10.5 Å². The molecule has 0 fully saturated rings. The lowest BCUT2D eigenvalue weighted by molar-refractivity contribution is 0.340. The molecule has 0 saturated carbocycles. The molecule has 0 aliphatic heterocycles. The molecule has 0 aliphatic carbocycles. The van der Waals surface area contributed by atoms with Gasteiger partial charge in [-0.05, 0) is 37.6 Å². The van der Waals surface area contributed by atoms with Crippen LogP contribution in [0.3, 0.4) is 0 Å². The van der Waals surface area contributed by atoms with Gasteiger partial charge >= 0.3 is 0 Å². The fraction of sp³-hybridized carbons (Fsp3) is 0.333. The van der Waals surface area contributed by atoms with E-state index in [1.54, 1.807) is 0 Å². The van der Waals surface area contributed by atoms with Crippen LogP contribution in [0.25, 0.3) is 10.9 Å². The lowest BCUT2D eigenvalue weighted by atomic mass is 10.1. The average molecular weight is 204 g/mol. The van der Waals surface area contributed by atoms with Crippen LogP contribution in [0.5, 0.6) is 5.75 Å². The summed E-state index contributed by atoms with van der Waals surface area (Å²) >= 11 is 0. The average Bonchev–Trinajstić information content (AvgIpc) is 2.61. The second kappa shape index (κ2) is 3.95. The van der Waals surface area contributed by atoms with Crippen LogP contribution in [0.1, 0.15) is 25.5 Å². The van der Waals surface area contributed by atoms with E-state index in [0.29, 0.717) is 6.61 Å². The maximum absolute atomic E-state index is 5.89. The molecule has 3 N–H and O–H groups in total. The highest BCUT2D eigenvalue weighted by molar-refractivity contribution is 5.85. The molecular formula is C12H16N2O. The van der Waals surface area contributed by atoms with Crippen LogP contribution in [-0.4, -0.2) is 11.6 Å². The van der Waals surface area contributed by atoms with E-state index in [1.165, 1.54) is 0 Å². The second-order valence-corrected chi connectivity index (χ2v) is 3.67. The normalized spacial score (nSPS) is 13.0. The summed E-state index contributed by atoms with van der Waals surface area (Å²) in [4.78, 5) is 3.20. The summed E-state index contributed by atoms with van der Waals surface area (Å²) in [5.41, 5.74) is 8.12. The van der Waals surface area contributed by atoms with Gasteiger partial charge in [0.25, 0.3) is 0 Å². The summed E-state index contributed by atoms with van der Waals surface area (Å²) in [6.45, 7) is 4.65. The predicted molar refractivity (Wildman–Crippen MR) is 62.1 cm³/mol. The number of fused-ring (bicyclic) bond motifs is 1. The van der Waals surface area contributed by atoms with Gasteiger partial charge in [-0.2, -0.15) is 0 Å². The van der Waals surface area contributed by atoms with Gasteiger partial charge in [0, 0.05) is 23.1 Å². The van der Waals surface area contributed by atoms with Gasteiger partial charge in [-0.3, -0.25) is 0 Å². The van der Waals surface area contributed by atoms with Crippen molar-refractivity contribution in [2.24, 2.45) is 5.73 Å². The Bertz CT molecular complexity index is 460. The van der Waals surface area contributed by atoms with Gasteiger partial charge < -0.3 is 15.5 Å². The first kappa shape index (κ1) is 10.1. The second-order valence-electron chi connectivity index (χ2n) is 3.67. The van der Waals surface area contributed by atoms with Crippen molar-refractivity contribution in [3.8, 4) is 5.75 Å². The molecule has 80 valence electrons. The van der Waals surface area contributed by atoms with Gasteiger partial charge in [0.15, 0.2) is 0 Å². The number of aromatic nitrogens is 1. The molecule has 0 unspecified atom stereocenters. The van der Waals surface area contributed by atoms with Crippen molar-refractivity contribution in [1.82, 2.24) is 4.98 Å². The van der Waals surface area contributed by atoms with Crippen LogP contribution in [0, 0.1) is 0 Å². The molecule has 3 nitrogen and oxygen atoms in total. The highest BCUT2D eigenvalue weighted by Crippen LogP contribution is 2.26. The Kier molecular flexibility index (Phi) is 2.64. The predicted octanol–water partition coefficient (Wildman–Crippen LogP) is 2.59. The molecule has 1 aromatic carbocycles. The van der Waals surface area contributed by atoms with Crippen molar-refractivity contribution in [3.05, 3.63) is 30.0 Å². The SMILES string of the molecule is CCOc1ccc2[nH]cc([C@@H](C)N)c2c1. The van der Waals surface area contributed by atoms with Crippen LogP contribution in [-0.2, 0) is 0 Å². The molecule has 0 spiro atoms. The van der Waals surface area contributed by atoms with E-state index in [1.807, 2.05) is 38.2 Å². The first-order chi connectivity index (χ1) is 7.22. The van der Waals surface area contributed by atoms with Gasteiger partial charge in [0.1, 0.15) is 5.75 Å². The fourth-order valence-electron chi connectivity index (χ4n) is 1.75. The molecule has 1 aromatic heterocycles. The minimum Gasteiger partial charge on any atom is -0.494 e. The minimum atomic E-state index is 0.0376. The molecule has 3 heteroatoms. The molecular weight excluding hydrogens is 188 g/mol. The van der Waals surface area contributed by atoms with Crippen LogP contribution >= 0.6 is 0 Å². The first-order valence-corrected chi connectivity index (χ1v) is 5.21. The monoisotopic (exact) mass is 204 g/mol. The number of hydrogen-bond acceptors (Lipinski definition) is 2. The molecule has 2 rings (SSSR count). The number of aromatic amines is 1. The van der Waals surface area contributed by atoms with E-state index in [4.69, 9.17) is 10.5 Å². The Morgan fingerprint density at radius 3 is 2.93 bits per heavy atom. The van der Waals surface area contributed by atoms with Gasteiger partial charge in [0.2, 0.25) is 0 Å². The van der Waals surface area contributed by atoms with Gasteiger partial charge in [0.05, 0.1) is 6.61 Å². The van der Waals surface area contributed by atoms with Gasteiger partial charge in [-0.1, -0.05) is 0 Å². The number of hydrogen-bond donors (Lipinski definition) is 2. The lowest BCUT2D eigenvalue weighted by Gasteiger charge is -2.05. The van der Waals surface area contributed by atoms with Crippen LogP contribution in [0.4, 0.5) is 0 Å². The first-order valence-electron chi connectivity index (χ1n) is 5.21. The summed E-state index contributed by atoms with van der Waals surface area (Å²) in [7, 11) is 0. The van der Waals surface area contributed by atoms with Crippen molar-refractivity contribution in [3.63, 3.8) is 0 Å². The number of ether oxygens (including phenoxy) is 1. The van der Waals surface area contributed by atoms with Crippen molar-refractivity contribution >= 4 is 10.9 Å². The summed E-state index contributed by atoms with van der Waals surface area (Å²) < 4.78 is 5.46. The summed E-state index contributed by atoms with van der Waals surface area (Å²) in [5.74, 6) is 0.895. The van der Waals surface area contributed by atoms with E-state index in [9.17, 15) is 0 Å². The Balaban J connectivity index is 2.51. The Morgan fingerprint density at radius 1 is 1.47 bits per heavy atom. The van der Waals surface area contributed by atoms with Gasteiger partial charge in [-0.25, -0.2) is 0 Å². The van der Waals surface area contributed by atoms with E-state index >= 15 is 0 Å². The molecule has 0 saturated heterocycles. The van der Waals surface area contributed by atoms with Crippen LogP contribution in [0.2, 0.25) is 0 Å². The minimum absolute atomic E-state index is 0.0376. The molecule has 1 atom stereocenters. The van der Waals surface area contributed by atoms with Crippen molar-refractivity contribution in [1.29, 1.82) is 0 Å². The highest BCUT2D eigenvalue weighted by Gasteiger charge is 2.08. The molecule has 1 heterocycles. The summed E-state index contributed by atoms with van der Waals surface area (Å²) in [5, 5.41) is 1.15. The quantitative estimate of drug-likeness (QED) is 0.807. The van der Waals surface area contributed by atoms with E-state index < -0.39 is 0 Å². The van der Waals surface area contributed by atoms with E-state index in [2.05, 4.69) is 4.98 Å². The van der Waals surface area contributed by atoms with Crippen LogP contribution in [0.15, 0.2) is 24.4 Å². The lowest BCUT2D eigenvalue weighted by Crippen LogP contribution is -2.03. The molecule has 0 amide bonds. The number of benzene rings is 1. The third-order valence-electron chi connectivity index (χ3n) is 2.49. The zero-order chi connectivity index (χ0) is 10.8. The highest BCUT2D eigenvalue weighted by atomic mass is 16.5. The number of nitrogens with two attached hydrogens (primary N) is 1. The Hall–Kier alpha value is -1.48. The Labute approximate surface area is 89.2 Å². The molecule has 2 aromatic rings. The Morgan fingerprint density at radius 2 is 2.27 bits per heavy atom. The number of H-pyrrole nitrogens is 1. The number of nitrogens with one attached hydrogen (secondary N) is 1. The molecule has 0 radical (unpaired) electrons.